The fraction of sp³-hybridized carbons (Fsp3) is 0.500. The monoisotopic (exact) mass is 224 g/mol. The second-order valence-electron chi connectivity index (χ2n) is 4.06. The highest BCUT2D eigenvalue weighted by atomic mass is 19.1. The van der Waals surface area contributed by atoms with E-state index in [0.717, 1.165) is 25.3 Å². The number of ether oxygens (including phenoxy) is 1. The van der Waals surface area contributed by atoms with E-state index in [1.807, 2.05) is 0 Å². The van der Waals surface area contributed by atoms with Gasteiger partial charge < -0.3 is 15.0 Å². The van der Waals surface area contributed by atoms with Gasteiger partial charge in [-0.2, -0.15) is 0 Å². The zero-order valence-corrected chi connectivity index (χ0v) is 9.66. The lowest BCUT2D eigenvalue weighted by Crippen LogP contribution is -2.50. The number of nitrogens with one attached hydrogen (secondary N) is 1. The van der Waals surface area contributed by atoms with Crippen LogP contribution in [0.3, 0.4) is 0 Å². The summed E-state index contributed by atoms with van der Waals surface area (Å²) in [5.41, 5.74) is 0.970. The van der Waals surface area contributed by atoms with E-state index in [9.17, 15) is 4.39 Å². The molecule has 2 rings (SSSR count). The first-order chi connectivity index (χ1) is 7.72. The lowest BCUT2D eigenvalue weighted by Gasteiger charge is -2.36. The van der Waals surface area contributed by atoms with Crippen LogP contribution in [0.5, 0.6) is 5.75 Å². The topological polar surface area (TPSA) is 24.5 Å². The van der Waals surface area contributed by atoms with Gasteiger partial charge >= 0.3 is 0 Å². The first kappa shape index (κ1) is 11.2. The lowest BCUT2D eigenvalue weighted by molar-refractivity contribution is 0.405. The zero-order chi connectivity index (χ0) is 11.5. The van der Waals surface area contributed by atoms with E-state index in [1.165, 1.54) is 12.1 Å². The molecule has 4 heteroatoms. The van der Waals surface area contributed by atoms with Crippen molar-refractivity contribution in [1.29, 1.82) is 0 Å². The van der Waals surface area contributed by atoms with Gasteiger partial charge in [0.1, 0.15) is 11.6 Å². The molecular weight excluding hydrogens is 207 g/mol. The van der Waals surface area contributed by atoms with Crippen molar-refractivity contribution in [2.45, 2.75) is 13.0 Å². The molecule has 1 atom stereocenters. The molecule has 1 aliphatic heterocycles. The Morgan fingerprint density at radius 2 is 2.31 bits per heavy atom. The van der Waals surface area contributed by atoms with Crippen LogP contribution in [-0.2, 0) is 0 Å². The molecule has 0 aliphatic carbocycles. The molecule has 0 aromatic heterocycles. The zero-order valence-electron chi connectivity index (χ0n) is 9.66. The molecule has 1 aromatic carbocycles. The summed E-state index contributed by atoms with van der Waals surface area (Å²) in [6.07, 6.45) is 0. The number of nitrogens with zero attached hydrogens (tertiary/aromatic N) is 1. The van der Waals surface area contributed by atoms with Gasteiger partial charge in [-0.25, -0.2) is 4.39 Å². The normalized spacial score (nSPS) is 20.9. The molecule has 1 heterocycles. The average molecular weight is 224 g/mol. The van der Waals surface area contributed by atoms with Crippen LogP contribution >= 0.6 is 0 Å². The van der Waals surface area contributed by atoms with Crippen molar-refractivity contribution in [2.24, 2.45) is 0 Å². The molecule has 0 spiro atoms. The highest BCUT2D eigenvalue weighted by Gasteiger charge is 2.21. The second-order valence-corrected chi connectivity index (χ2v) is 4.06. The maximum Gasteiger partial charge on any atom is 0.145 e. The third kappa shape index (κ3) is 2.11. The quantitative estimate of drug-likeness (QED) is 0.826. The van der Waals surface area contributed by atoms with Crippen LogP contribution in [-0.4, -0.2) is 32.8 Å². The van der Waals surface area contributed by atoms with Crippen molar-refractivity contribution in [3.8, 4) is 5.75 Å². The minimum atomic E-state index is -0.261. The van der Waals surface area contributed by atoms with Crippen LogP contribution in [0.2, 0.25) is 0 Å². The molecular formula is C12H17FN2O. The van der Waals surface area contributed by atoms with E-state index in [4.69, 9.17) is 4.74 Å². The predicted molar refractivity (Wildman–Crippen MR) is 62.6 cm³/mol. The van der Waals surface area contributed by atoms with Crippen LogP contribution in [0.1, 0.15) is 6.92 Å². The fourth-order valence-electron chi connectivity index (χ4n) is 2.09. The molecule has 3 nitrogen and oxygen atoms in total. The Morgan fingerprint density at radius 3 is 3.00 bits per heavy atom. The molecule has 1 saturated heterocycles. The van der Waals surface area contributed by atoms with Crippen molar-refractivity contribution < 1.29 is 9.13 Å². The summed E-state index contributed by atoms with van der Waals surface area (Å²) >= 11 is 0. The van der Waals surface area contributed by atoms with Crippen molar-refractivity contribution in [3.05, 3.63) is 24.0 Å². The molecule has 0 saturated carbocycles. The maximum atomic E-state index is 13.1. The van der Waals surface area contributed by atoms with E-state index in [2.05, 4.69) is 17.1 Å². The lowest BCUT2D eigenvalue weighted by atomic mass is 10.1. The highest BCUT2D eigenvalue weighted by Crippen LogP contribution is 2.30. The van der Waals surface area contributed by atoms with Gasteiger partial charge in [0.05, 0.1) is 12.8 Å². The number of methoxy groups -OCH3 is 1. The minimum Gasteiger partial charge on any atom is -0.494 e. The van der Waals surface area contributed by atoms with Gasteiger partial charge in [-0.3, -0.25) is 0 Å². The number of halogens is 1. The van der Waals surface area contributed by atoms with E-state index >= 15 is 0 Å². The molecule has 0 radical (unpaired) electrons. The second kappa shape index (κ2) is 4.70. The van der Waals surface area contributed by atoms with Crippen LogP contribution in [0.4, 0.5) is 10.1 Å². The molecule has 1 N–H and O–H groups in total. The Morgan fingerprint density at radius 1 is 1.50 bits per heavy atom. The Hall–Kier alpha value is -1.29. The number of hydrogen-bond acceptors (Lipinski definition) is 3. The molecule has 0 amide bonds. The summed E-state index contributed by atoms with van der Waals surface area (Å²) in [4.78, 5) is 2.24. The molecule has 1 aliphatic rings. The third-order valence-corrected chi connectivity index (χ3v) is 2.95. The van der Waals surface area contributed by atoms with Gasteiger partial charge in [0.15, 0.2) is 0 Å². The van der Waals surface area contributed by atoms with Gasteiger partial charge in [-0.1, -0.05) is 0 Å². The van der Waals surface area contributed by atoms with Gasteiger partial charge in [-0.05, 0) is 19.1 Å². The molecule has 1 aromatic rings. The summed E-state index contributed by atoms with van der Waals surface area (Å²) in [5.74, 6) is 0.345. The van der Waals surface area contributed by atoms with Gasteiger partial charge in [-0.15, -0.1) is 0 Å². The van der Waals surface area contributed by atoms with Crippen molar-refractivity contribution in [3.63, 3.8) is 0 Å². The van der Waals surface area contributed by atoms with Crippen molar-refractivity contribution in [1.82, 2.24) is 5.32 Å². The number of benzene rings is 1. The molecule has 1 fully saturated rings. The van der Waals surface area contributed by atoms with E-state index in [1.54, 1.807) is 13.2 Å². The van der Waals surface area contributed by atoms with Crippen LogP contribution < -0.4 is 15.0 Å². The molecule has 16 heavy (non-hydrogen) atoms. The third-order valence-electron chi connectivity index (χ3n) is 2.95. The van der Waals surface area contributed by atoms with Crippen molar-refractivity contribution >= 4 is 5.69 Å². The van der Waals surface area contributed by atoms with Gasteiger partial charge in [0.25, 0.3) is 0 Å². The first-order valence-electron chi connectivity index (χ1n) is 5.53. The Bertz CT molecular complexity index is 370. The fourth-order valence-corrected chi connectivity index (χ4v) is 2.09. The first-order valence-corrected chi connectivity index (χ1v) is 5.53. The smallest absolute Gasteiger partial charge is 0.145 e. The van der Waals surface area contributed by atoms with Crippen LogP contribution in [0.25, 0.3) is 0 Å². The molecule has 0 bridgehead atoms. The number of hydrogen-bond donors (Lipinski definition) is 1. The van der Waals surface area contributed by atoms with Crippen LogP contribution in [0, 0.1) is 5.82 Å². The van der Waals surface area contributed by atoms with Crippen molar-refractivity contribution in [2.75, 3.05) is 31.6 Å². The Balaban J connectivity index is 2.30. The largest absolute Gasteiger partial charge is 0.494 e. The van der Waals surface area contributed by atoms with E-state index in [-0.39, 0.29) is 5.82 Å². The highest BCUT2D eigenvalue weighted by molar-refractivity contribution is 5.59. The number of rotatable bonds is 2. The summed E-state index contributed by atoms with van der Waals surface area (Å²) in [6, 6.07) is 5.10. The number of piperazine rings is 1. The number of anilines is 1. The standard InChI is InChI=1S/C12H17FN2O/c1-9-8-14-5-6-15(9)11-4-3-10(13)7-12(11)16-2/h3-4,7,9,14H,5-6,8H2,1-2H3/t9-/m1/s1. The average Bonchev–Trinajstić information content (AvgIpc) is 2.30. The summed E-state index contributed by atoms with van der Waals surface area (Å²) < 4.78 is 18.3. The van der Waals surface area contributed by atoms with E-state index < -0.39 is 0 Å². The van der Waals surface area contributed by atoms with Crippen LogP contribution in [0.15, 0.2) is 18.2 Å². The predicted octanol–water partition coefficient (Wildman–Crippen LogP) is 1.63. The van der Waals surface area contributed by atoms with E-state index in [0.29, 0.717) is 11.8 Å². The minimum absolute atomic E-state index is 0.261. The maximum absolute atomic E-state index is 13.1. The Kier molecular flexibility index (Phi) is 3.29. The SMILES string of the molecule is COc1cc(F)ccc1N1CCNC[C@H]1C. The summed E-state index contributed by atoms with van der Waals surface area (Å²) in [6.45, 7) is 4.96. The molecule has 88 valence electrons. The Labute approximate surface area is 95.2 Å². The molecule has 0 unspecified atom stereocenters. The summed E-state index contributed by atoms with van der Waals surface area (Å²) in [5, 5.41) is 3.33. The van der Waals surface area contributed by atoms with Gasteiger partial charge in [0.2, 0.25) is 0 Å². The van der Waals surface area contributed by atoms with Gasteiger partial charge in [0, 0.05) is 31.7 Å². The summed E-state index contributed by atoms with van der Waals surface area (Å²) in [7, 11) is 1.57.